The fraction of sp³-hybridized carbons (Fsp3) is 0.154. The fourth-order valence-corrected chi connectivity index (χ4v) is 4.31. The average Bonchev–Trinajstić information content (AvgIpc) is 3.38. The number of para-hydroxylation sites is 1. The van der Waals surface area contributed by atoms with Gasteiger partial charge >= 0.3 is 0 Å². The second kappa shape index (κ2) is 8.23. The Kier molecular flexibility index (Phi) is 5.11. The third-order valence-electron chi connectivity index (χ3n) is 5.89. The second-order valence-corrected chi connectivity index (χ2v) is 7.81. The number of benzene rings is 2. The van der Waals surface area contributed by atoms with Crippen molar-refractivity contribution in [2.24, 2.45) is 5.92 Å². The maximum atomic E-state index is 13.5. The van der Waals surface area contributed by atoms with Crippen LogP contribution in [0.25, 0.3) is 11.0 Å². The normalized spacial score (nSPS) is 18.4. The lowest BCUT2D eigenvalue weighted by Gasteiger charge is -2.26. The van der Waals surface area contributed by atoms with E-state index in [0.717, 1.165) is 10.9 Å². The number of ketones is 2. The van der Waals surface area contributed by atoms with E-state index in [4.69, 9.17) is 4.42 Å². The van der Waals surface area contributed by atoms with Crippen molar-refractivity contribution in [2.45, 2.75) is 12.5 Å². The highest BCUT2D eigenvalue weighted by Crippen LogP contribution is 2.38. The first-order valence-corrected chi connectivity index (χ1v) is 10.4. The quantitative estimate of drug-likeness (QED) is 0.265. The molecule has 1 amide bonds. The molecule has 6 nitrogen and oxygen atoms in total. The summed E-state index contributed by atoms with van der Waals surface area (Å²) in [6.07, 6.45) is 3.77. The van der Waals surface area contributed by atoms with Crippen molar-refractivity contribution in [3.63, 3.8) is 0 Å². The number of amides is 1. The van der Waals surface area contributed by atoms with E-state index in [1.807, 2.05) is 48.5 Å². The van der Waals surface area contributed by atoms with Crippen LogP contribution in [-0.4, -0.2) is 33.9 Å². The predicted octanol–water partition coefficient (Wildman–Crippen LogP) is 4.02. The molecule has 0 radical (unpaired) electrons. The number of fused-ring (bicyclic) bond motifs is 1. The molecule has 2 aromatic heterocycles. The van der Waals surface area contributed by atoms with Crippen LogP contribution in [0.2, 0.25) is 0 Å². The number of carbonyl (C=O) groups is 3. The molecule has 1 aliphatic heterocycles. The second-order valence-electron chi connectivity index (χ2n) is 7.81. The van der Waals surface area contributed by atoms with Gasteiger partial charge in [-0.15, -0.1) is 0 Å². The van der Waals surface area contributed by atoms with Crippen LogP contribution in [0, 0.1) is 5.92 Å². The summed E-state index contributed by atoms with van der Waals surface area (Å²) in [4.78, 5) is 45.1. The molecule has 0 saturated carbocycles. The lowest BCUT2D eigenvalue weighted by atomic mass is 9.88. The Morgan fingerprint density at radius 2 is 1.66 bits per heavy atom. The molecule has 0 bridgehead atoms. The number of furan rings is 1. The highest BCUT2D eigenvalue weighted by Gasteiger charge is 2.52. The molecule has 2 unspecified atom stereocenters. The standard InChI is InChI=1S/C26H20N2O4/c29-24(21-16-19-8-4-5-9-20(19)32-21)22-23(18-10-13-27-14-11-18)28(26(31)25(22)30)15-12-17-6-2-1-3-7-17/h1-11,13-14,16,22-23H,12,15H2. The van der Waals surface area contributed by atoms with Crippen LogP contribution in [0.4, 0.5) is 0 Å². The van der Waals surface area contributed by atoms with E-state index in [2.05, 4.69) is 4.98 Å². The molecule has 0 aliphatic carbocycles. The molecule has 1 aliphatic rings. The highest BCUT2D eigenvalue weighted by atomic mass is 16.3. The fourth-order valence-electron chi connectivity index (χ4n) is 4.31. The Morgan fingerprint density at radius 3 is 2.41 bits per heavy atom. The number of nitrogens with zero attached hydrogens (tertiary/aromatic N) is 2. The summed E-state index contributed by atoms with van der Waals surface area (Å²) < 4.78 is 5.73. The summed E-state index contributed by atoms with van der Waals surface area (Å²) in [7, 11) is 0. The van der Waals surface area contributed by atoms with E-state index >= 15 is 0 Å². The maximum absolute atomic E-state index is 13.5. The molecule has 1 saturated heterocycles. The van der Waals surface area contributed by atoms with Gasteiger partial charge in [0, 0.05) is 24.3 Å². The van der Waals surface area contributed by atoms with Gasteiger partial charge in [-0.25, -0.2) is 0 Å². The zero-order chi connectivity index (χ0) is 22.1. The minimum atomic E-state index is -1.17. The van der Waals surface area contributed by atoms with Gasteiger partial charge in [0.05, 0.1) is 6.04 Å². The van der Waals surface area contributed by atoms with Crippen molar-refractivity contribution < 1.29 is 18.8 Å². The molecule has 0 N–H and O–H groups in total. The predicted molar refractivity (Wildman–Crippen MR) is 118 cm³/mol. The molecule has 5 rings (SSSR count). The summed E-state index contributed by atoms with van der Waals surface area (Å²) in [5, 5.41) is 0.772. The van der Waals surface area contributed by atoms with Gasteiger partial charge in [-0.05, 0) is 41.8 Å². The Labute approximate surface area is 184 Å². The van der Waals surface area contributed by atoms with Crippen molar-refractivity contribution >= 4 is 28.4 Å². The first-order chi connectivity index (χ1) is 15.6. The maximum Gasteiger partial charge on any atom is 0.291 e. The number of rotatable bonds is 6. The van der Waals surface area contributed by atoms with E-state index in [0.29, 0.717) is 24.1 Å². The van der Waals surface area contributed by atoms with Crippen LogP contribution >= 0.6 is 0 Å². The molecule has 6 heteroatoms. The molecule has 1 fully saturated rings. The van der Waals surface area contributed by atoms with Crippen LogP contribution in [0.1, 0.15) is 27.7 Å². The minimum absolute atomic E-state index is 0.0846. The SMILES string of the molecule is O=C1C(=O)N(CCc2ccccc2)C(c2ccncc2)C1C(=O)c1cc2ccccc2o1. The van der Waals surface area contributed by atoms with Gasteiger partial charge in [0.1, 0.15) is 11.5 Å². The Morgan fingerprint density at radius 1 is 0.938 bits per heavy atom. The number of pyridine rings is 1. The van der Waals surface area contributed by atoms with Gasteiger partial charge in [-0.2, -0.15) is 0 Å². The smallest absolute Gasteiger partial charge is 0.291 e. The van der Waals surface area contributed by atoms with E-state index < -0.39 is 29.4 Å². The summed E-state index contributed by atoms with van der Waals surface area (Å²) in [5.41, 5.74) is 2.31. The molecule has 32 heavy (non-hydrogen) atoms. The van der Waals surface area contributed by atoms with Gasteiger partial charge in [-0.3, -0.25) is 19.4 Å². The number of hydrogen-bond acceptors (Lipinski definition) is 5. The Balaban J connectivity index is 1.51. The van der Waals surface area contributed by atoms with Gasteiger partial charge < -0.3 is 9.32 Å². The molecule has 0 spiro atoms. The van der Waals surface area contributed by atoms with Crippen molar-refractivity contribution in [3.05, 3.63) is 102 Å². The van der Waals surface area contributed by atoms with Crippen molar-refractivity contribution in [1.29, 1.82) is 0 Å². The van der Waals surface area contributed by atoms with E-state index in [9.17, 15) is 14.4 Å². The van der Waals surface area contributed by atoms with Crippen LogP contribution in [0.15, 0.2) is 89.6 Å². The number of hydrogen-bond donors (Lipinski definition) is 0. The van der Waals surface area contributed by atoms with Crippen molar-refractivity contribution in [2.75, 3.05) is 6.54 Å². The number of likely N-dealkylation sites (tertiary alicyclic amines) is 1. The van der Waals surface area contributed by atoms with Gasteiger partial charge in [0.25, 0.3) is 5.91 Å². The van der Waals surface area contributed by atoms with Gasteiger partial charge in [0.2, 0.25) is 11.6 Å². The van der Waals surface area contributed by atoms with Crippen LogP contribution in [-0.2, 0) is 16.0 Å². The zero-order valence-corrected chi connectivity index (χ0v) is 17.2. The van der Waals surface area contributed by atoms with Gasteiger partial charge in [0.15, 0.2) is 5.76 Å². The monoisotopic (exact) mass is 424 g/mol. The zero-order valence-electron chi connectivity index (χ0n) is 17.2. The Hall–Kier alpha value is -4.06. The summed E-state index contributed by atoms with van der Waals surface area (Å²) >= 11 is 0. The summed E-state index contributed by atoms with van der Waals surface area (Å²) in [6.45, 7) is 0.325. The lowest BCUT2D eigenvalue weighted by Crippen LogP contribution is -2.32. The first-order valence-electron chi connectivity index (χ1n) is 10.4. The lowest BCUT2D eigenvalue weighted by molar-refractivity contribution is -0.140. The van der Waals surface area contributed by atoms with Crippen LogP contribution in [0.5, 0.6) is 0 Å². The molecular formula is C26H20N2O4. The number of Topliss-reactive ketones (excluding diaryl/α,β-unsaturated/α-hetero) is 2. The average molecular weight is 424 g/mol. The third-order valence-corrected chi connectivity index (χ3v) is 5.89. The first kappa shape index (κ1) is 19.9. The van der Waals surface area contributed by atoms with Gasteiger partial charge in [-0.1, -0.05) is 48.5 Å². The molecule has 2 atom stereocenters. The highest BCUT2D eigenvalue weighted by molar-refractivity contribution is 6.43. The summed E-state index contributed by atoms with van der Waals surface area (Å²) in [6, 6.07) is 21.4. The number of carbonyl (C=O) groups excluding carboxylic acids is 3. The van der Waals surface area contributed by atoms with E-state index in [1.165, 1.54) is 4.90 Å². The van der Waals surface area contributed by atoms with Crippen LogP contribution in [0.3, 0.4) is 0 Å². The van der Waals surface area contributed by atoms with E-state index in [1.54, 1.807) is 36.7 Å². The van der Waals surface area contributed by atoms with Crippen LogP contribution < -0.4 is 0 Å². The molecular weight excluding hydrogens is 404 g/mol. The largest absolute Gasteiger partial charge is 0.453 e. The molecule has 2 aromatic carbocycles. The van der Waals surface area contributed by atoms with Crippen molar-refractivity contribution in [3.8, 4) is 0 Å². The number of aromatic nitrogens is 1. The minimum Gasteiger partial charge on any atom is -0.453 e. The topological polar surface area (TPSA) is 80.5 Å². The molecule has 4 aromatic rings. The molecule has 158 valence electrons. The molecule has 3 heterocycles. The summed E-state index contributed by atoms with van der Waals surface area (Å²) in [5.74, 6) is -2.91. The van der Waals surface area contributed by atoms with E-state index in [-0.39, 0.29) is 5.76 Å². The Bertz CT molecular complexity index is 1260. The third kappa shape index (κ3) is 3.50. The van der Waals surface area contributed by atoms with Crippen molar-refractivity contribution in [1.82, 2.24) is 9.88 Å².